The van der Waals surface area contributed by atoms with E-state index < -0.39 is 20.0 Å². The minimum atomic E-state index is -4.34. The van der Waals surface area contributed by atoms with Gasteiger partial charge in [0.25, 0.3) is 0 Å². The lowest BCUT2D eigenvalue weighted by molar-refractivity contribution is -0.870. The van der Waals surface area contributed by atoms with Crippen LogP contribution in [0.2, 0.25) is 0 Å². The summed E-state index contributed by atoms with van der Waals surface area (Å²) in [6.07, 6.45) is 66.3. The maximum atomic E-state index is 13.0. The molecular weight excluding hydrogens is 840 g/mol. The summed E-state index contributed by atoms with van der Waals surface area (Å²) in [5.74, 6) is -0.203. The zero-order chi connectivity index (χ0) is 48.5. The van der Waals surface area contributed by atoms with Crippen LogP contribution >= 0.6 is 7.82 Å². The molecule has 3 N–H and O–H groups in total. The fourth-order valence-corrected chi connectivity index (χ4v) is 8.18. The molecule has 0 saturated heterocycles. The first-order valence-electron chi connectivity index (χ1n) is 27.0. The number of phosphoric acid groups is 1. The van der Waals surface area contributed by atoms with Crippen LogP contribution in [0.3, 0.4) is 0 Å². The molecule has 1 amide bonds. The fraction of sp³-hybridized carbons (Fsp3) is 0.737. The van der Waals surface area contributed by atoms with E-state index in [4.69, 9.17) is 9.05 Å². The van der Waals surface area contributed by atoms with Gasteiger partial charge in [-0.25, -0.2) is 4.57 Å². The van der Waals surface area contributed by atoms with Gasteiger partial charge in [-0.05, 0) is 64.2 Å². The third-order valence-corrected chi connectivity index (χ3v) is 12.6. The molecule has 0 aliphatic carbocycles. The summed E-state index contributed by atoms with van der Waals surface area (Å²) in [5.41, 5.74) is 0. The Morgan fingerprint density at radius 3 is 1.27 bits per heavy atom. The number of quaternary nitrogens is 1. The molecule has 66 heavy (non-hydrogen) atoms. The summed E-state index contributed by atoms with van der Waals surface area (Å²) < 4.78 is 23.7. The van der Waals surface area contributed by atoms with Crippen LogP contribution < -0.4 is 5.32 Å². The number of amides is 1. The highest BCUT2D eigenvalue weighted by molar-refractivity contribution is 7.47. The van der Waals surface area contributed by atoms with E-state index >= 15 is 0 Å². The molecule has 8 nitrogen and oxygen atoms in total. The lowest BCUT2D eigenvalue weighted by Gasteiger charge is -2.26. The average molecular weight is 944 g/mol. The van der Waals surface area contributed by atoms with Gasteiger partial charge in [-0.1, -0.05) is 234 Å². The van der Waals surface area contributed by atoms with Gasteiger partial charge in [0.05, 0.1) is 39.9 Å². The van der Waals surface area contributed by atoms with Crippen molar-refractivity contribution in [2.45, 2.75) is 231 Å². The SMILES string of the molecule is CC/C=C\C/C=C\C/C=C\C/C=C\C/C=C\C/C=C\C/C=C\CCCC(=O)NC(COP(=O)(O)OCC[N+](C)(C)C)C(O)CCCCCCCCCCCCCCCCCCCCCCC. The molecule has 9 heteroatoms. The van der Waals surface area contributed by atoms with Crippen molar-refractivity contribution in [3.8, 4) is 0 Å². The number of carbonyl (C=O) groups excluding carboxylic acids is 1. The van der Waals surface area contributed by atoms with Gasteiger partial charge in [-0.2, -0.15) is 0 Å². The second kappa shape index (κ2) is 47.7. The average Bonchev–Trinajstić information content (AvgIpc) is 3.28. The fourth-order valence-electron chi connectivity index (χ4n) is 7.45. The zero-order valence-electron chi connectivity index (χ0n) is 43.4. The largest absolute Gasteiger partial charge is 0.472 e. The van der Waals surface area contributed by atoms with Crippen molar-refractivity contribution in [3.05, 3.63) is 85.1 Å². The van der Waals surface area contributed by atoms with Crippen molar-refractivity contribution in [2.75, 3.05) is 40.9 Å². The highest BCUT2D eigenvalue weighted by Crippen LogP contribution is 2.43. The highest BCUT2D eigenvalue weighted by Gasteiger charge is 2.28. The number of aliphatic hydroxyl groups excluding tert-OH is 1. The molecule has 0 spiro atoms. The highest BCUT2D eigenvalue weighted by atomic mass is 31.2. The first-order chi connectivity index (χ1) is 32.0. The molecule has 0 radical (unpaired) electrons. The van der Waals surface area contributed by atoms with Crippen molar-refractivity contribution >= 4 is 13.7 Å². The summed E-state index contributed by atoms with van der Waals surface area (Å²) in [5, 5.41) is 14.0. The monoisotopic (exact) mass is 944 g/mol. The summed E-state index contributed by atoms with van der Waals surface area (Å²) in [4.78, 5) is 23.3. The van der Waals surface area contributed by atoms with Gasteiger partial charge in [-0.3, -0.25) is 13.8 Å². The molecule has 382 valence electrons. The molecule has 0 bridgehead atoms. The molecule has 3 atom stereocenters. The van der Waals surface area contributed by atoms with Crippen LogP contribution in [0, 0.1) is 0 Å². The Morgan fingerprint density at radius 1 is 0.530 bits per heavy atom. The number of aliphatic hydroxyl groups is 1. The van der Waals surface area contributed by atoms with Crippen molar-refractivity contribution in [3.63, 3.8) is 0 Å². The van der Waals surface area contributed by atoms with Gasteiger partial charge >= 0.3 is 7.82 Å². The molecule has 0 aliphatic rings. The van der Waals surface area contributed by atoms with Crippen molar-refractivity contribution in [2.24, 2.45) is 0 Å². The number of nitrogens with zero attached hydrogens (tertiary/aromatic N) is 1. The van der Waals surface area contributed by atoms with E-state index in [1.54, 1.807) is 0 Å². The topological polar surface area (TPSA) is 105 Å². The van der Waals surface area contributed by atoms with Crippen molar-refractivity contribution in [1.82, 2.24) is 5.32 Å². The Hall–Kier alpha value is -2.32. The predicted molar refractivity (Wildman–Crippen MR) is 286 cm³/mol. The van der Waals surface area contributed by atoms with Gasteiger partial charge in [0.15, 0.2) is 0 Å². The third-order valence-electron chi connectivity index (χ3n) is 11.7. The number of phosphoric ester groups is 1. The molecule has 0 aliphatic heterocycles. The molecule has 0 fully saturated rings. The van der Waals surface area contributed by atoms with Crippen LogP contribution in [0.15, 0.2) is 85.1 Å². The maximum absolute atomic E-state index is 13.0. The molecular formula is C57H104N2O6P+. The van der Waals surface area contributed by atoms with E-state index in [0.717, 1.165) is 70.6 Å². The number of carbonyl (C=O) groups is 1. The number of nitrogens with one attached hydrogen (secondary N) is 1. The van der Waals surface area contributed by atoms with Crippen LogP contribution in [-0.4, -0.2) is 73.4 Å². The minimum Gasteiger partial charge on any atom is -0.391 e. The third kappa shape index (κ3) is 49.6. The van der Waals surface area contributed by atoms with Crippen LogP contribution in [0.25, 0.3) is 0 Å². The van der Waals surface area contributed by atoms with Crippen LogP contribution in [0.5, 0.6) is 0 Å². The molecule has 0 aromatic carbocycles. The summed E-state index contributed by atoms with van der Waals surface area (Å²) in [6.45, 7) is 4.73. The minimum absolute atomic E-state index is 0.0594. The van der Waals surface area contributed by atoms with Crippen LogP contribution in [-0.2, 0) is 18.4 Å². The Kier molecular flexibility index (Phi) is 46.1. The number of rotatable bonds is 48. The van der Waals surface area contributed by atoms with Gasteiger partial charge < -0.3 is 19.8 Å². The molecule has 0 saturated carbocycles. The van der Waals surface area contributed by atoms with Gasteiger partial charge in [0, 0.05) is 6.42 Å². The van der Waals surface area contributed by atoms with E-state index in [2.05, 4.69) is 104 Å². The second-order valence-corrected chi connectivity index (χ2v) is 20.7. The summed E-state index contributed by atoms with van der Waals surface area (Å²) >= 11 is 0. The van der Waals surface area contributed by atoms with E-state index in [0.29, 0.717) is 30.3 Å². The van der Waals surface area contributed by atoms with Gasteiger partial charge in [-0.15, -0.1) is 0 Å². The first kappa shape index (κ1) is 63.7. The predicted octanol–water partition coefficient (Wildman–Crippen LogP) is 16.1. The first-order valence-corrected chi connectivity index (χ1v) is 28.4. The maximum Gasteiger partial charge on any atom is 0.472 e. The van der Waals surface area contributed by atoms with Crippen molar-refractivity contribution in [1.29, 1.82) is 0 Å². The Balaban J connectivity index is 4.36. The standard InChI is InChI=1S/C57H103N2O6P/c1-6-8-10-12-14-16-18-20-22-24-26-28-29-31-33-35-37-39-41-43-45-47-49-51-57(61)58-55(54-65-66(62,63)64-53-52-59(3,4)5)56(60)50-48-46-44-42-40-38-36-34-32-30-27-25-23-21-19-17-15-13-11-9-7-2/h8,10,14,16,20,22,26,28,31,33,37,39,43,45,55-56,60H,6-7,9,11-13,15,17-19,21,23-25,27,29-30,32,34-36,38,40-42,44,46-54H2,1-5H3,(H-,58,61,62,63)/p+1/b10-8-,16-14-,22-20-,28-26-,33-31-,39-37-,45-43-. The molecule has 3 unspecified atom stereocenters. The lowest BCUT2D eigenvalue weighted by Crippen LogP contribution is -2.46. The Bertz CT molecular complexity index is 1350. The summed E-state index contributed by atoms with van der Waals surface area (Å²) in [6, 6.07) is -0.797. The number of unbranched alkanes of at least 4 members (excludes halogenated alkanes) is 21. The van der Waals surface area contributed by atoms with E-state index in [1.807, 2.05) is 21.1 Å². The zero-order valence-corrected chi connectivity index (χ0v) is 44.3. The normalized spacial score (nSPS) is 14.7. The molecule has 0 aromatic rings. The summed E-state index contributed by atoms with van der Waals surface area (Å²) in [7, 11) is 1.57. The van der Waals surface area contributed by atoms with Gasteiger partial charge in [0.2, 0.25) is 5.91 Å². The number of hydrogen-bond donors (Lipinski definition) is 3. The Morgan fingerprint density at radius 2 is 0.894 bits per heavy atom. The number of likely N-dealkylation sites (N-methyl/N-ethyl adjacent to an activating group) is 1. The van der Waals surface area contributed by atoms with Crippen LogP contribution in [0.4, 0.5) is 0 Å². The smallest absolute Gasteiger partial charge is 0.391 e. The van der Waals surface area contributed by atoms with Gasteiger partial charge in [0.1, 0.15) is 13.2 Å². The second-order valence-electron chi connectivity index (χ2n) is 19.2. The molecule has 0 rings (SSSR count). The van der Waals surface area contributed by atoms with Crippen molar-refractivity contribution < 1.29 is 32.9 Å². The molecule has 0 aromatic heterocycles. The van der Waals surface area contributed by atoms with E-state index in [-0.39, 0.29) is 19.1 Å². The van der Waals surface area contributed by atoms with E-state index in [9.17, 15) is 19.4 Å². The number of hydrogen-bond acceptors (Lipinski definition) is 5. The number of allylic oxidation sites excluding steroid dienone is 14. The quantitative estimate of drug-likeness (QED) is 0.0243. The van der Waals surface area contributed by atoms with E-state index in [1.165, 1.54) is 116 Å². The Labute approximate surface area is 407 Å². The molecule has 0 heterocycles. The van der Waals surface area contributed by atoms with Crippen LogP contribution in [0.1, 0.15) is 219 Å². The lowest BCUT2D eigenvalue weighted by atomic mass is 10.0.